The van der Waals surface area contributed by atoms with E-state index in [4.69, 9.17) is 23.7 Å². The Morgan fingerprint density at radius 2 is 1.69 bits per heavy atom. The van der Waals surface area contributed by atoms with Crippen LogP contribution in [0.3, 0.4) is 0 Å². The summed E-state index contributed by atoms with van der Waals surface area (Å²) in [5, 5.41) is 2.94. The number of benzene rings is 3. The van der Waals surface area contributed by atoms with Crippen molar-refractivity contribution in [3.8, 4) is 23.0 Å². The number of hydrogen-bond donors (Lipinski definition) is 1. The Kier molecular flexibility index (Phi) is 8.52. The van der Waals surface area contributed by atoms with Gasteiger partial charge in [-0.3, -0.25) is 0 Å². The number of methoxy groups -OCH3 is 3. The first kappa shape index (κ1) is 25.2. The Labute approximate surface area is 211 Å². The van der Waals surface area contributed by atoms with E-state index in [-0.39, 0.29) is 6.03 Å². The topological polar surface area (TPSA) is 78.5 Å². The van der Waals surface area contributed by atoms with Crippen LogP contribution in [0.2, 0.25) is 0 Å². The highest BCUT2D eigenvalue weighted by Gasteiger charge is 2.21. The van der Waals surface area contributed by atoms with Crippen LogP contribution in [-0.2, 0) is 24.3 Å². The van der Waals surface area contributed by atoms with Crippen LogP contribution < -0.4 is 24.3 Å². The maximum Gasteiger partial charge on any atom is 0.322 e. The van der Waals surface area contributed by atoms with Crippen LogP contribution in [0.15, 0.2) is 60.7 Å². The van der Waals surface area contributed by atoms with Gasteiger partial charge in [-0.1, -0.05) is 24.3 Å². The van der Waals surface area contributed by atoms with E-state index >= 15 is 0 Å². The number of carbonyl (C=O) groups excluding carboxylic acids is 1. The van der Waals surface area contributed by atoms with E-state index in [1.54, 1.807) is 26.2 Å². The Morgan fingerprint density at radius 1 is 0.917 bits per heavy atom. The van der Waals surface area contributed by atoms with Gasteiger partial charge in [0.05, 0.1) is 53.3 Å². The fraction of sp³-hybridized carbons (Fsp3) is 0.321. The second-order valence-corrected chi connectivity index (χ2v) is 8.33. The highest BCUT2D eigenvalue weighted by atomic mass is 16.5. The average Bonchev–Trinajstić information content (AvgIpc) is 3.13. The summed E-state index contributed by atoms with van der Waals surface area (Å²) in [6, 6.07) is 19.0. The van der Waals surface area contributed by atoms with Crippen LogP contribution in [0.5, 0.6) is 23.0 Å². The minimum atomic E-state index is -0.201. The standard InChI is InChI=1S/C28H32N2O6/c1-32-25-7-5-4-6-23(25)29-28(31)30-13-15-36-24-10-9-21(16-22(24)18-30)19-35-14-12-20-8-11-26(33-2)27(17-20)34-3/h4-11,16-17H,12-15,18-19H2,1-3H3,(H,29,31). The highest BCUT2D eigenvalue weighted by Crippen LogP contribution is 2.29. The van der Waals surface area contributed by atoms with Crippen LogP contribution in [0.25, 0.3) is 0 Å². The van der Waals surface area contributed by atoms with Gasteiger partial charge in [-0.05, 0) is 53.9 Å². The van der Waals surface area contributed by atoms with E-state index in [2.05, 4.69) is 5.32 Å². The molecule has 36 heavy (non-hydrogen) atoms. The average molecular weight is 493 g/mol. The zero-order chi connectivity index (χ0) is 25.3. The van der Waals surface area contributed by atoms with E-state index in [1.807, 2.05) is 60.7 Å². The molecule has 0 spiro atoms. The zero-order valence-corrected chi connectivity index (χ0v) is 20.9. The minimum Gasteiger partial charge on any atom is -0.495 e. The van der Waals surface area contributed by atoms with Crippen molar-refractivity contribution >= 4 is 11.7 Å². The first-order valence-electron chi connectivity index (χ1n) is 11.8. The normalized spacial score (nSPS) is 12.7. The van der Waals surface area contributed by atoms with Crippen LogP contribution >= 0.6 is 0 Å². The molecule has 190 valence electrons. The highest BCUT2D eigenvalue weighted by molar-refractivity contribution is 5.91. The van der Waals surface area contributed by atoms with Gasteiger partial charge < -0.3 is 33.9 Å². The number of para-hydroxylation sites is 2. The smallest absolute Gasteiger partial charge is 0.322 e. The molecule has 0 saturated heterocycles. The molecular formula is C28H32N2O6. The second-order valence-electron chi connectivity index (χ2n) is 8.33. The Hall–Kier alpha value is -3.91. The Bertz CT molecular complexity index is 1180. The number of nitrogens with one attached hydrogen (secondary N) is 1. The molecule has 1 aliphatic rings. The van der Waals surface area contributed by atoms with Gasteiger partial charge in [0.25, 0.3) is 0 Å². The third kappa shape index (κ3) is 6.20. The maximum absolute atomic E-state index is 13.0. The van der Waals surface area contributed by atoms with Gasteiger partial charge in [0.15, 0.2) is 11.5 Å². The summed E-state index contributed by atoms with van der Waals surface area (Å²) in [4.78, 5) is 14.7. The lowest BCUT2D eigenvalue weighted by Crippen LogP contribution is -2.36. The molecule has 8 nitrogen and oxygen atoms in total. The molecule has 0 aromatic heterocycles. The molecule has 0 bridgehead atoms. The van der Waals surface area contributed by atoms with Crippen molar-refractivity contribution in [3.63, 3.8) is 0 Å². The van der Waals surface area contributed by atoms with Gasteiger partial charge in [-0.2, -0.15) is 0 Å². The molecule has 0 saturated carbocycles. The van der Waals surface area contributed by atoms with E-state index in [0.717, 1.165) is 28.9 Å². The molecule has 0 fully saturated rings. The Balaban J connectivity index is 1.34. The van der Waals surface area contributed by atoms with Gasteiger partial charge in [0.2, 0.25) is 0 Å². The molecule has 1 aliphatic heterocycles. The van der Waals surface area contributed by atoms with Crippen molar-refractivity contribution in [2.45, 2.75) is 19.6 Å². The van der Waals surface area contributed by atoms with Crippen molar-refractivity contribution in [2.75, 3.05) is 46.4 Å². The first-order chi connectivity index (χ1) is 17.6. The molecule has 0 aliphatic carbocycles. The molecule has 0 unspecified atom stereocenters. The van der Waals surface area contributed by atoms with Gasteiger partial charge in [-0.15, -0.1) is 0 Å². The number of carbonyl (C=O) groups is 1. The SMILES string of the molecule is COc1ccccc1NC(=O)N1CCOc2ccc(COCCc3ccc(OC)c(OC)c3)cc2C1. The third-order valence-electron chi connectivity index (χ3n) is 5.99. The summed E-state index contributed by atoms with van der Waals surface area (Å²) < 4.78 is 27.8. The first-order valence-corrected chi connectivity index (χ1v) is 11.8. The van der Waals surface area contributed by atoms with Crippen molar-refractivity contribution < 1.29 is 28.5 Å². The molecule has 3 aromatic rings. The molecule has 3 aromatic carbocycles. The summed E-state index contributed by atoms with van der Waals surface area (Å²) in [5.41, 5.74) is 3.71. The molecular weight excluding hydrogens is 460 g/mol. The second kappa shape index (κ2) is 12.2. The fourth-order valence-electron chi connectivity index (χ4n) is 4.07. The summed E-state index contributed by atoms with van der Waals surface area (Å²) in [7, 11) is 4.83. The fourth-order valence-corrected chi connectivity index (χ4v) is 4.07. The summed E-state index contributed by atoms with van der Waals surface area (Å²) in [6.07, 6.45) is 0.755. The molecule has 1 heterocycles. The lowest BCUT2D eigenvalue weighted by atomic mass is 10.1. The molecule has 2 amide bonds. The number of urea groups is 1. The molecule has 4 rings (SSSR count). The summed E-state index contributed by atoms with van der Waals surface area (Å²) in [6.45, 7) is 2.38. The van der Waals surface area contributed by atoms with Crippen LogP contribution in [0.1, 0.15) is 16.7 Å². The quantitative estimate of drug-likeness (QED) is 0.428. The van der Waals surface area contributed by atoms with Gasteiger partial charge in [-0.25, -0.2) is 4.79 Å². The summed E-state index contributed by atoms with van der Waals surface area (Å²) in [5.74, 6) is 2.82. The molecule has 0 radical (unpaired) electrons. The number of nitrogens with zero attached hydrogens (tertiary/aromatic N) is 1. The molecule has 1 N–H and O–H groups in total. The predicted molar refractivity (Wildman–Crippen MR) is 137 cm³/mol. The number of amides is 2. The number of ether oxygens (including phenoxy) is 5. The van der Waals surface area contributed by atoms with E-state index in [0.29, 0.717) is 55.8 Å². The van der Waals surface area contributed by atoms with Crippen LogP contribution in [0.4, 0.5) is 10.5 Å². The lowest BCUT2D eigenvalue weighted by Gasteiger charge is -2.21. The monoisotopic (exact) mass is 492 g/mol. The van der Waals surface area contributed by atoms with E-state index in [9.17, 15) is 4.79 Å². The minimum absolute atomic E-state index is 0.201. The Morgan fingerprint density at radius 3 is 2.50 bits per heavy atom. The predicted octanol–water partition coefficient (Wildman–Crippen LogP) is 4.90. The van der Waals surface area contributed by atoms with Crippen LogP contribution in [0, 0.1) is 0 Å². The van der Waals surface area contributed by atoms with Crippen molar-refractivity contribution in [1.29, 1.82) is 0 Å². The number of anilines is 1. The lowest BCUT2D eigenvalue weighted by molar-refractivity contribution is 0.123. The van der Waals surface area contributed by atoms with E-state index in [1.165, 1.54) is 0 Å². The van der Waals surface area contributed by atoms with Gasteiger partial charge in [0, 0.05) is 5.56 Å². The van der Waals surface area contributed by atoms with Crippen molar-refractivity contribution in [1.82, 2.24) is 4.90 Å². The number of rotatable bonds is 9. The third-order valence-corrected chi connectivity index (χ3v) is 5.99. The largest absolute Gasteiger partial charge is 0.495 e. The van der Waals surface area contributed by atoms with E-state index < -0.39 is 0 Å². The molecule has 0 atom stereocenters. The van der Waals surface area contributed by atoms with Crippen LogP contribution in [-0.4, -0.2) is 52.0 Å². The maximum atomic E-state index is 13.0. The molecule has 8 heteroatoms. The van der Waals surface area contributed by atoms with Gasteiger partial charge in [0.1, 0.15) is 18.1 Å². The number of hydrogen-bond acceptors (Lipinski definition) is 6. The summed E-state index contributed by atoms with van der Waals surface area (Å²) >= 11 is 0. The number of fused-ring (bicyclic) bond motifs is 1. The van der Waals surface area contributed by atoms with Crippen molar-refractivity contribution in [2.24, 2.45) is 0 Å². The van der Waals surface area contributed by atoms with Gasteiger partial charge >= 0.3 is 6.03 Å². The zero-order valence-electron chi connectivity index (χ0n) is 20.9. The van der Waals surface area contributed by atoms with Crippen molar-refractivity contribution in [3.05, 3.63) is 77.4 Å².